The van der Waals surface area contributed by atoms with E-state index in [-0.39, 0.29) is 11.0 Å². The summed E-state index contributed by atoms with van der Waals surface area (Å²) < 4.78 is 7.66. The van der Waals surface area contributed by atoms with E-state index in [1.807, 2.05) is 36.6 Å². The number of fused-ring (bicyclic) bond motifs is 1. The molecule has 0 aliphatic rings. The first-order valence-electron chi connectivity index (χ1n) is 12.0. The van der Waals surface area contributed by atoms with Crippen LogP contribution in [0.1, 0.15) is 26.5 Å². The van der Waals surface area contributed by atoms with E-state index in [4.69, 9.17) is 4.74 Å². The Hall–Kier alpha value is -4.71. The maximum Gasteiger partial charge on any atom is 0.324 e. The molecular formula is C27H26N8O3S. The van der Waals surface area contributed by atoms with Crippen LogP contribution in [0.15, 0.2) is 76.8 Å². The second kappa shape index (κ2) is 10.6. The molecule has 12 heteroatoms. The summed E-state index contributed by atoms with van der Waals surface area (Å²) in [4.78, 5) is 40.7. The molecule has 5 rings (SSSR count). The molecule has 1 aromatic carbocycles. The van der Waals surface area contributed by atoms with Gasteiger partial charge >= 0.3 is 6.03 Å². The van der Waals surface area contributed by atoms with Crippen LogP contribution in [0.2, 0.25) is 0 Å². The highest BCUT2D eigenvalue weighted by atomic mass is 32.2. The number of hydrogen-bond acceptors (Lipinski definition) is 8. The van der Waals surface area contributed by atoms with Gasteiger partial charge in [0.25, 0.3) is 5.56 Å². The molecule has 0 bridgehead atoms. The summed E-state index contributed by atoms with van der Waals surface area (Å²) in [6.45, 7) is 6.17. The lowest BCUT2D eigenvalue weighted by Gasteiger charge is -2.14. The molecule has 0 spiro atoms. The van der Waals surface area contributed by atoms with Gasteiger partial charge in [0.2, 0.25) is 0 Å². The van der Waals surface area contributed by atoms with Crippen LogP contribution in [0.5, 0.6) is 11.5 Å². The minimum atomic E-state index is -0.426. The summed E-state index contributed by atoms with van der Waals surface area (Å²) >= 11 is 1.46. The molecule has 0 aliphatic heterocycles. The van der Waals surface area contributed by atoms with Gasteiger partial charge in [0.15, 0.2) is 17.2 Å². The summed E-state index contributed by atoms with van der Waals surface area (Å²) in [5.74, 6) is 2.07. The Balaban J connectivity index is 1.37. The van der Waals surface area contributed by atoms with Gasteiger partial charge in [-0.1, -0.05) is 26.8 Å². The van der Waals surface area contributed by atoms with Crippen LogP contribution >= 0.6 is 11.8 Å². The Morgan fingerprint density at radius 2 is 1.87 bits per heavy atom. The number of ether oxygens (including phenoxy) is 1. The van der Waals surface area contributed by atoms with E-state index in [1.54, 1.807) is 29.1 Å². The van der Waals surface area contributed by atoms with Crippen molar-refractivity contribution in [3.63, 3.8) is 0 Å². The summed E-state index contributed by atoms with van der Waals surface area (Å²) in [5, 5.41) is 10.5. The zero-order valence-electron chi connectivity index (χ0n) is 21.7. The van der Waals surface area contributed by atoms with Crippen molar-refractivity contribution in [1.82, 2.24) is 29.7 Å². The Labute approximate surface area is 228 Å². The molecule has 2 amide bonds. The van der Waals surface area contributed by atoms with Crippen LogP contribution in [0, 0.1) is 0 Å². The first kappa shape index (κ1) is 25.9. The number of aromatic nitrogens is 6. The number of carbonyl (C=O) groups excluding carboxylic acids is 1. The van der Waals surface area contributed by atoms with Gasteiger partial charge in [-0.05, 0) is 36.6 Å². The largest absolute Gasteiger partial charge is 0.455 e. The zero-order chi connectivity index (χ0) is 27.6. The number of pyridine rings is 2. The van der Waals surface area contributed by atoms with Gasteiger partial charge in [0, 0.05) is 34.8 Å². The number of benzene rings is 1. The van der Waals surface area contributed by atoms with E-state index < -0.39 is 6.03 Å². The summed E-state index contributed by atoms with van der Waals surface area (Å²) in [7, 11) is 0. The second-order valence-corrected chi connectivity index (χ2v) is 10.4. The number of anilines is 2. The van der Waals surface area contributed by atoms with Gasteiger partial charge in [-0.25, -0.2) is 19.7 Å². The van der Waals surface area contributed by atoms with Crippen LogP contribution in [-0.4, -0.2) is 42.0 Å². The Morgan fingerprint density at radius 3 is 2.62 bits per heavy atom. The van der Waals surface area contributed by atoms with Crippen LogP contribution in [-0.2, 0) is 5.41 Å². The first-order chi connectivity index (χ1) is 18.7. The standard InChI is InChI=1S/C27H26N8O3S/c1-27(2,3)20-14-22(35(34-20)21-7-5-6-11-28-21)32-26(37)31-17-9-8-16(13-19(17)39-4)38-18-10-12-29-25-24(18)30-15-23(36)33-25/h5-15H,1-4H3,(H,29,33,36)(H2,31,32,37). The predicted octanol–water partition coefficient (Wildman–Crippen LogP) is 5.35. The SMILES string of the molecule is CSc1cc(Oc2ccnc3[nH]c(=O)cnc23)ccc1NC(=O)Nc1cc(C(C)(C)C)nn1-c1ccccn1. The molecule has 0 atom stereocenters. The monoisotopic (exact) mass is 542 g/mol. The lowest BCUT2D eigenvalue weighted by atomic mass is 9.92. The average molecular weight is 543 g/mol. The number of rotatable bonds is 6. The third kappa shape index (κ3) is 5.75. The van der Waals surface area contributed by atoms with E-state index >= 15 is 0 Å². The number of H-pyrrole nitrogens is 1. The number of carbonyl (C=O) groups is 1. The molecule has 0 radical (unpaired) electrons. The van der Waals surface area contributed by atoms with Crippen LogP contribution < -0.4 is 20.9 Å². The van der Waals surface area contributed by atoms with Crippen molar-refractivity contribution in [3.05, 3.63) is 83.2 Å². The Bertz CT molecular complexity index is 1710. The second-order valence-electron chi connectivity index (χ2n) is 9.56. The van der Waals surface area contributed by atoms with Crippen molar-refractivity contribution in [3.8, 4) is 17.3 Å². The topological polar surface area (TPSA) is 140 Å². The number of aromatic amines is 1. The zero-order valence-corrected chi connectivity index (χ0v) is 22.5. The lowest BCUT2D eigenvalue weighted by molar-refractivity contribution is 0.262. The number of thioether (sulfide) groups is 1. The van der Waals surface area contributed by atoms with Crippen LogP contribution in [0.3, 0.4) is 0 Å². The van der Waals surface area contributed by atoms with Crippen molar-refractivity contribution in [2.45, 2.75) is 31.1 Å². The molecule has 0 saturated carbocycles. The van der Waals surface area contributed by atoms with Crippen molar-refractivity contribution in [2.75, 3.05) is 16.9 Å². The van der Waals surface area contributed by atoms with Gasteiger partial charge in [0.1, 0.15) is 17.1 Å². The average Bonchev–Trinajstić information content (AvgIpc) is 3.34. The van der Waals surface area contributed by atoms with Crippen molar-refractivity contribution < 1.29 is 9.53 Å². The molecule has 198 valence electrons. The Morgan fingerprint density at radius 1 is 1.03 bits per heavy atom. The van der Waals surface area contributed by atoms with E-state index in [0.717, 1.165) is 10.6 Å². The highest BCUT2D eigenvalue weighted by Crippen LogP contribution is 2.33. The fourth-order valence-corrected chi connectivity index (χ4v) is 4.31. The molecular weight excluding hydrogens is 516 g/mol. The number of urea groups is 1. The molecule has 3 N–H and O–H groups in total. The Kier molecular flexibility index (Phi) is 7.03. The van der Waals surface area contributed by atoms with Crippen LogP contribution in [0.4, 0.5) is 16.3 Å². The number of nitrogens with zero attached hydrogens (tertiary/aromatic N) is 5. The maximum absolute atomic E-state index is 13.1. The number of amides is 2. The highest BCUT2D eigenvalue weighted by Gasteiger charge is 2.22. The van der Waals surface area contributed by atoms with E-state index in [9.17, 15) is 9.59 Å². The van der Waals surface area contributed by atoms with Gasteiger partial charge in [-0.2, -0.15) is 9.78 Å². The molecule has 11 nitrogen and oxygen atoms in total. The first-order valence-corrected chi connectivity index (χ1v) is 13.2. The summed E-state index contributed by atoms with van der Waals surface area (Å²) in [6.07, 6.45) is 6.30. The van der Waals surface area contributed by atoms with Crippen molar-refractivity contribution in [2.24, 2.45) is 0 Å². The highest BCUT2D eigenvalue weighted by molar-refractivity contribution is 7.98. The molecule has 5 aromatic rings. The molecule has 0 saturated heterocycles. The molecule has 0 unspecified atom stereocenters. The van der Waals surface area contributed by atoms with E-state index in [1.165, 1.54) is 24.2 Å². The third-order valence-electron chi connectivity index (χ3n) is 5.67. The van der Waals surface area contributed by atoms with Crippen molar-refractivity contribution in [1.29, 1.82) is 0 Å². The van der Waals surface area contributed by atoms with Gasteiger partial charge < -0.3 is 15.0 Å². The molecule has 4 heterocycles. The minimum absolute atomic E-state index is 0.222. The summed E-state index contributed by atoms with van der Waals surface area (Å²) in [6, 6.07) is 13.9. The van der Waals surface area contributed by atoms with Crippen LogP contribution in [0.25, 0.3) is 17.0 Å². The third-order valence-corrected chi connectivity index (χ3v) is 6.45. The molecule has 39 heavy (non-hydrogen) atoms. The minimum Gasteiger partial charge on any atom is -0.455 e. The quantitative estimate of drug-likeness (QED) is 0.244. The van der Waals surface area contributed by atoms with Gasteiger partial charge in [-0.3, -0.25) is 10.1 Å². The maximum atomic E-state index is 13.1. The van der Waals surface area contributed by atoms with E-state index in [0.29, 0.717) is 40.0 Å². The molecule has 4 aromatic heterocycles. The molecule has 0 fully saturated rings. The smallest absolute Gasteiger partial charge is 0.324 e. The fraction of sp³-hybridized carbons (Fsp3) is 0.185. The van der Waals surface area contributed by atoms with E-state index in [2.05, 4.69) is 56.4 Å². The number of hydrogen-bond donors (Lipinski definition) is 3. The van der Waals surface area contributed by atoms with Gasteiger partial charge in [0.05, 0.1) is 17.6 Å². The predicted molar refractivity (Wildman–Crippen MR) is 151 cm³/mol. The normalized spacial score (nSPS) is 11.4. The van der Waals surface area contributed by atoms with Gasteiger partial charge in [-0.15, -0.1) is 11.8 Å². The number of nitrogens with one attached hydrogen (secondary N) is 3. The lowest BCUT2D eigenvalue weighted by Crippen LogP contribution is -2.21. The molecule has 0 aliphatic carbocycles. The van der Waals surface area contributed by atoms with Crippen molar-refractivity contribution >= 4 is 40.5 Å². The fourth-order valence-electron chi connectivity index (χ4n) is 3.73. The summed E-state index contributed by atoms with van der Waals surface area (Å²) in [5.41, 5.74) is 1.62.